The van der Waals surface area contributed by atoms with Crippen LogP contribution in [0.15, 0.2) is 6.20 Å². The lowest BCUT2D eigenvalue weighted by atomic mass is 9.99. The summed E-state index contributed by atoms with van der Waals surface area (Å²) in [6.07, 6.45) is -2.37. The highest BCUT2D eigenvalue weighted by molar-refractivity contribution is 7.11. The van der Waals surface area contributed by atoms with E-state index in [-0.39, 0.29) is 5.92 Å². The fraction of sp³-hybridized carbons (Fsp3) is 0.667. The number of aromatic nitrogens is 1. The number of hydrogen-bond acceptors (Lipinski definition) is 4. The van der Waals surface area contributed by atoms with E-state index in [2.05, 4.69) is 4.98 Å². The van der Waals surface area contributed by atoms with Crippen LogP contribution in [0.1, 0.15) is 22.3 Å². The third-order valence-electron chi connectivity index (χ3n) is 2.57. The Morgan fingerprint density at radius 2 is 2.31 bits per heavy atom. The minimum Gasteiger partial charge on any atom is -0.381 e. The van der Waals surface area contributed by atoms with E-state index in [0.717, 1.165) is 6.42 Å². The van der Waals surface area contributed by atoms with Crippen LogP contribution in [0, 0.1) is 5.92 Å². The molecule has 2 heterocycles. The van der Waals surface area contributed by atoms with Gasteiger partial charge in [0.25, 0.3) is 0 Å². The maximum absolute atomic E-state index is 12.3. The van der Waals surface area contributed by atoms with E-state index in [1.54, 1.807) is 0 Å². The molecule has 1 fully saturated rings. The molecule has 0 aliphatic carbocycles. The topological polar surface area (TPSA) is 48.1 Å². The van der Waals surface area contributed by atoms with Crippen LogP contribution in [0.5, 0.6) is 0 Å². The third-order valence-corrected chi connectivity index (χ3v) is 3.71. The smallest absolute Gasteiger partial charge is 0.381 e. The van der Waals surface area contributed by atoms with Crippen molar-refractivity contribution in [2.24, 2.45) is 11.7 Å². The van der Waals surface area contributed by atoms with Crippen molar-refractivity contribution in [2.75, 3.05) is 13.2 Å². The average molecular weight is 252 g/mol. The van der Waals surface area contributed by atoms with Crippen LogP contribution >= 0.6 is 11.3 Å². The van der Waals surface area contributed by atoms with Gasteiger partial charge in [-0.1, -0.05) is 0 Å². The molecule has 1 aliphatic heterocycles. The van der Waals surface area contributed by atoms with Crippen LogP contribution in [0.4, 0.5) is 13.2 Å². The minimum absolute atomic E-state index is 0.0986. The van der Waals surface area contributed by atoms with E-state index in [1.165, 1.54) is 6.20 Å². The molecule has 2 atom stereocenters. The van der Waals surface area contributed by atoms with Crippen LogP contribution in [-0.4, -0.2) is 18.2 Å². The van der Waals surface area contributed by atoms with Gasteiger partial charge in [-0.25, -0.2) is 4.98 Å². The highest BCUT2D eigenvalue weighted by atomic mass is 32.1. The van der Waals surface area contributed by atoms with Crippen molar-refractivity contribution >= 4 is 11.3 Å². The SMILES string of the molecule is NC(c1cnc(C(F)(F)F)s1)C1CCOC1. The van der Waals surface area contributed by atoms with Crippen LogP contribution in [0.2, 0.25) is 0 Å². The predicted molar refractivity (Wildman–Crippen MR) is 53.0 cm³/mol. The van der Waals surface area contributed by atoms with Gasteiger partial charge >= 0.3 is 6.18 Å². The van der Waals surface area contributed by atoms with E-state index in [4.69, 9.17) is 10.5 Å². The molecule has 1 aliphatic rings. The number of rotatable bonds is 2. The molecule has 1 aromatic rings. The van der Waals surface area contributed by atoms with E-state index in [1.807, 2.05) is 0 Å². The molecule has 0 spiro atoms. The van der Waals surface area contributed by atoms with Gasteiger partial charge in [0.1, 0.15) is 0 Å². The number of nitrogens with two attached hydrogens (primary N) is 1. The third kappa shape index (κ3) is 2.36. The summed E-state index contributed by atoms with van der Waals surface area (Å²) in [5.74, 6) is 0.0986. The largest absolute Gasteiger partial charge is 0.443 e. The highest BCUT2D eigenvalue weighted by Crippen LogP contribution is 2.36. The zero-order valence-electron chi connectivity index (χ0n) is 8.33. The van der Waals surface area contributed by atoms with Crippen molar-refractivity contribution in [3.05, 3.63) is 16.1 Å². The molecule has 0 amide bonds. The fourth-order valence-electron chi connectivity index (χ4n) is 1.64. The van der Waals surface area contributed by atoms with E-state index >= 15 is 0 Å². The van der Waals surface area contributed by atoms with Gasteiger partial charge in [-0.2, -0.15) is 13.2 Å². The van der Waals surface area contributed by atoms with Crippen LogP contribution in [-0.2, 0) is 10.9 Å². The number of halogens is 3. The first-order valence-corrected chi connectivity index (χ1v) is 5.66. The maximum Gasteiger partial charge on any atom is 0.443 e. The number of alkyl halides is 3. The fourth-order valence-corrected chi connectivity index (χ4v) is 2.52. The van der Waals surface area contributed by atoms with Gasteiger partial charge < -0.3 is 10.5 Å². The maximum atomic E-state index is 12.3. The zero-order valence-corrected chi connectivity index (χ0v) is 9.14. The molecular weight excluding hydrogens is 241 g/mol. The van der Waals surface area contributed by atoms with Gasteiger partial charge in [-0.3, -0.25) is 0 Å². The highest BCUT2D eigenvalue weighted by Gasteiger charge is 2.36. The van der Waals surface area contributed by atoms with Crippen molar-refractivity contribution in [1.82, 2.24) is 4.98 Å². The van der Waals surface area contributed by atoms with Gasteiger partial charge in [0.05, 0.1) is 6.61 Å². The molecule has 0 aromatic carbocycles. The molecule has 2 unspecified atom stereocenters. The molecule has 16 heavy (non-hydrogen) atoms. The molecular formula is C9H11F3N2OS. The van der Waals surface area contributed by atoms with E-state index in [9.17, 15) is 13.2 Å². The zero-order chi connectivity index (χ0) is 11.8. The lowest BCUT2D eigenvalue weighted by Crippen LogP contribution is -2.20. The molecule has 0 radical (unpaired) electrons. The van der Waals surface area contributed by atoms with Gasteiger partial charge in [0.15, 0.2) is 5.01 Å². The van der Waals surface area contributed by atoms with Gasteiger partial charge in [0.2, 0.25) is 0 Å². The Balaban J connectivity index is 2.12. The Morgan fingerprint density at radius 3 is 2.81 bits per heavy atom. The number of nitrogens with zero attached hydrogens (tertiary/aromatic N) is 1. The number of ether oxygens (including phenoxy) is 1. The molecule has 0 saturated carbocycles. The first kappa shape index (κ1) is 11.8. The second kappa shape index (κ2) is 4.31. The molecule has 1 aromatic heterocycles. The Bertz CT molecular complexity index is 360. The molecule has 90 valence electrons. The summed E-state index contributed by atoms with van der Waals surface area (Å²) in [4.78, 5) is 3.83. The lowest BCUT2D eigenvalue weighted by molar-refractivity contribution is -0.137. The monoisotopic (exact) mass is 252 g/mol. The second-order valence-corrected chi connectivity index (χ2v) is 4.78. The lowest BCUT2D eigenvalue weighted by Gasteiger charge is -2.14. The van der Waals surface area contributed by atoms with E-state index < -0.39 is 17.2 Å². The average Bonchev–Trinajstić information content (AvgIpc) is 2.87. The summed E-state index contributed by atoms with van der Waals surface area (Å²) in [5, 5.41) is -0.836. The van der Waals surface area contributed by atoms with Crippen LogP contribution < -0.4 is 5.73 Å². The molecule has 2 N–H and O–H groups in total. The quantitative estimate of drug-likeness (QED) is 0.877. The first-order chi connectivity index (χ1) is 7.48. The van der Waals surface area contributed by atoms with Gasteiger partial charge in [-0.15, -0.1) is 11.3 Å². The Hall–Kier alpha value is -0.660. The molecule has 1 saturated heterocycles. The van der Waals surface area contributed by atoms with Gasteiger partial charge in [-0.05, 0) is 6.42 Å². The molecule has 2 rings (SSSR count). The number of thiazole rings is 1. The molecule has 3 nitrogen and oxygen atoms in total. The number of hydrogen-bond donors (Lipinski definition) is 1. The van der Waals surface area contributed by atoms with E-state index in [0.29, 0.717) is 29.4 Å². The van der Waals surface area contributed by atoms with Crippen LogP contribution in [0.25, 0.3) is 0 Å². The van der Waals surface area contributed by atoms with Gasteiger partial charge in [0, 0.05) is 29.6 Å². The van der Waals surface area contributed by atoms with Crippen molar-refractivity contribution in [2.45, 2.75) is 18.6 Å². The van der Waals surface area contributed by atoms with Crippen molar-refractivity contribution in [3.8, 4) is 0 Å². The Kier molecular flexibility index (Phi) is 3.18. The van der Waals surface area contributed by atoms with Crippen molar-refractivity contribution in [1.29, 1.82) is 0 Å². The van der Waals surface area contributed by atoms with Crippen LogP contribution in [0.3, 0.4) is 0 Å². The van der Waals surface area contributed by atoms with Crippen molar-refractivity contribution < 1.29 is 17.9 Å². The predicted octanol–water partition coefficient (Wildman–Crippen LogP) is 2.20. The molecule has 0 bridgehead atoms. The Labute approximate surface area is 94.4 Å². The summed E-state index contributed by atoms with van der Waals surface area (Å²) in [5.41, 5.74) is 5.88. The summed E-state index contributed by atoms with van der Waals surface area (Å²) in [7, 11) is 0. The first-order valence-electron chi connectivity index (χ1n) is 4.84. The Morgan fingerprint density at radius 1 is 1.56 bits per heavy atom. The second-order valence-electron chi connectivity index (χ2n) is 3.71. The summed E-state index contributed by atoms with van der Waals surface area (Å²) < 4.78 is 42.1. The normalized spacial score (nSPS) is 23.6. The summed E-state index contributed by atoms with van der Waals surface area (Å²) in [6, 6.07) is -0.406. The summed E-state index contributed by atoms with van der Waals surface area (Å²) >= 11 is 0.618. The standard InChI is InChI=1S/C9H11F3N2OS/c10-9(11,12)8-14-3-6(16-8)7(13)5-1-2-15-4-5/h3,5,7H,1-2,4,13H2. The minimum atomic E-state index is -4.38. The molecule has 7 heteroatoms. The summed E-state index contributed by atoms with van der Waals surface area (Å²) in [6.45, 7) is 1.14. The van der Waals surface area contributed by atoms with Crippen molar-refractivity contribution in [3.63, 3.8) is 0 Å².